The van der Waals surface area contributed by atoms with Crippen molar-refractivity contribution in [3.8, 4) is 0 Å². The summed E-state index contributed by atoms with van der Waals surface area (Å²) in [5, 5.41) is 7.54. The first kappa shape index (κ1) is 12.0. The molecule has 0 aromatic carbocycles. The first-order valence-corrected chi connectivity index (χ1v) is 5.59. The van der Waals surface area contributed by atoms with Crippen LogP contribution < -0.4 is 5.32 Å². The zero-order valence-electron chi connectivity index (χ0n) is 9.95. The summed E-state index contributed by atoms with van der Waals surface area (Å²) in [6, 6.07) is 2.18. The largest absolute Gasteiger partial charge is 0.319 e. The van der Waals surface area contributed by atoms with Crippen LogP contribution in [0.15, 0.2) is 18.2 Å². The quantitative estimate of drug-likeness (QED) is 0.568. The highest BCUT2D eigenvalue weighted by molar-refractivity contribution is 5.13. The SMILES string of the molecule is CCc1cc(CC=CCCNC)n(C)n1. The first-order chi connectivity index (χ1) is 7.27. The van der Waals surface area contributed by atoms with Crippen molar-refractivity contribution in [3.63, 3.8) is 0 Å². The number of nitrogens with one attached hydrogen (secondary N) is 1. The number of hydrogen-bond donors (Lipinski definition) is 1. The smallest absolute Gasteiger partial charge is 0.0624 e. The van der Waals surface area contributed by atoms with Crippen LogP contribution >= 0.6 is 0 Å². The van der Waals surface area contributed by atoms with E-state index in [1.807, 2.05) is 18.8 Å². The minimum absolute atomic E-state index is 0.979. The lowest BCUT2D eigenvalue weighted by Crippen LogP contribution is -2.05. The van der Waals surface area contributed by atoms with Gasteiger partial charge in [0, 0.05) is 19.2 Å². The maximum atomic E-state index is 4.41. The van der Waals surface area contributed by atoms with Gasteiger partial charge in [0.25, 0.3) is 0 Å². The molecule has 1 rings (SSSR count). The van der Waals surface area contributed by atoms with E-state index >= 15 is 0 Å². The average Bonchev–Trinajstić information content (AvgIpc) is 2.59. The Bertz CT molecular complexity index is 313. The van der Waals surface area contributed by atoms with Gasteiger partial charge in [0.15, 0.2) is 0 Å². The average molecular weight is 207 g/mol. The molecule has 0 atom stereocenters. The van der Waals surface area contributed by atoms with Crippen LogP contribution in [0.2, 0.25) is 0 Å². The number of nitrogens with zero attached hydrogens (tertiary/aromatic N) is 2. The fourth-order valence-electron chi connectivity index (χ4n) is 1.48. The van der Waals surface area contributed by atoms with Gasteiger partial charge in [-0.3, -0.25) is 4.68 Å². The Morgan fingerprint density at radius 3 is 2.87 bits per heavy atom. The van der Waals surface area contributed by atoms with Crippen molar-refractivity contribution in [1.29, 1.82) is 0 Å². The summed E-state index contributed by atoms with van der Waals surface area (Å²) < 4.78 is 1.97. The van der Waals surface area contributed by atoms with Crippen LogP contribution in [0.5, 0.6) is 0 Å². The lowest BCUT2D eigenvalue weighted by atomic mass is 10.2. The van der Waals surface area contributed by atoms with Gasteiger partial charge in [-0.2, -0.15) is 5.10 Å². The minimum atomic E-state index is 0.979. The van der Waals surface area contributed by atoms with E-state index in [4.69, 9.17) is 0 Å². The maximum Gasteiger partial charge on any atom is 0.0624 e. The van der Waals surface area contributed by atoms with Crippen molar-refractivity contribution < 1.29 is 0 Å². The van der Waals surface area contributed by atoms with E-state index in [2.05, 4.69) is 35.6 Å². The van der Waals surface area contributed by atoms with Gasteiger partial charge in [-0.15, -0.1) is 0 Å². The number of aromatic nitrogens is 2. The monoisotopic (exact) mass is 207 g/mol. The van der Waals surface area contributed by atoms with Crippen LogP contribution in [0.25, 0.3) is 0 Å². The molecular weight excluding hydrogens is 186 g/mol. The van der Waals surface area contributed by atoms with Crippen molar-refractivity contribution in [2.75, 3.05) is 13.6 Å². The van der Waals surface area contributed by atoms with Crippen molar-refractivity contribution in [3.05, 3.63) is 29.6 Å². The number of rotatable bonds is 6. The molecule has 1 aromatic heterocycles. The Hall–Kier alpha value is -1.09. The molecule has 0 unspecified atom stereocenters. The summed E-state index contributed by atoms with van der Waals surface area (Å²) in [4.78, 5) is 0. The molecule has 0 fully saturated rings. The van der Waals surface area contributed by atoms with Gasteiger partial charge < -0.3 is 5.32 Å². The molecule has 3 heteroatoms. The lowest BCUT2D eigenvalue weighted by Gasteiger charge is -1.96. The predicted molar refractivity (Wildman–Crippen MR) is 64.0 cm³/mol. The molecule has 3 nitrogen and oxygen atoms in total. The predicted octanol–water partition coefficient (Wildman–Crippen LogP) is 1.69. The molecule has 0 bridgehead atoms. The van der Waals surface area contributed by atoms with Crippen LogP contribution in [-0.2, 0) is 19.9 Å². The molecule has 0 saturated heterocycles. The zero-order chi connectivity index (χ0) is 11.1. The van der Waals surface area contributed by atoms with Gasteiger partial charge in [0.05, 0.1) is 5.69 Å². The van der Waals surface area contributed by atoms with E-state index in [-0.39, 0.29) is 0 Å². The van der Waals surface area contributed by atoms with Gasteiger partial charge in [-0.1, -0.05) is 19.1 Å². The lowest BCUT2D eigenvalue weighted by molar-refractivity contribution is 0.712. The Kier molecular flexibility index (Phi) is 5.12. The van der Waals surface area contributed by atoms with Crippen molar-refractivity contribution in [2.45, 2.75) is 26.2 Å². The van der Waals surface area contributed by atoms with Crippen LogP contribution in [-0.4, -0.2) is 23.4 Å². The van der Waals surface area contributed by atoms with Crippen molar-refractivity contribution >= 4 is 0 Å². The van der Waals surface area contributed by atoms with Crippen LogP contribution in [0.4, 0.5) is 0 Å². The second kappa shape index (κ2) is 6.40. The Balaban J connectivity index is 2.42. The van der Waals surface area contributed by atoms with Gasteiger partial charge in [0.1, 0.15) is 0 Å². The second-order valence-corrected chi connectivity index (χ2v) is 3.67. The minimum Gasteiger partial charge on any atom is -0.319 e. The molecule has 0 spiro atoms. The zero-order valence-corrected chi connectivity index (χ0v) is 9.95. The van der Waals surface area contributed by atoms with E-state index in [1.165, 1.54) is 11.4 Å². The van der Waals surface area contributed by atoms with Gasteiger partial charge in [-0.25, -0.2) is 0 Å². The van der Waals surface area contributed by atoms with Gasteiger partial charge in [-0.05, 0) is 32.5 Å². The van der Waals surface area contributed by atoms with Crippen molar-refractivity contribution in [1.82, 2.24) is 15.1 Å². The Morgan fingerprint density at radius 2 is 2.27 bits per heavy atom. The molecule has 0 aliphatic carbocycles. The second-order valence-electron chi connectivity index (χ2n) is 3.67. The highest BCUT2D eigenvalue weighted by Gasteiger charge is 2.00. The molecule has 0 aliphatic rings. The van der Waals surface area contributed by atoms with E-state index in [0.29, 0.717) is 0 Å². The van der Waals surface area contributed by atoms with Crippen LogP contribution in [0.1, 0.15) is 24.7 Å². The highest BCUT2D eigenvalue weighted by Crippen LogP contribution is 2.05. The van der Waals surface area contributed by atoms with Crippen LogP contribution in [0, 0.1) is 0 Å². The van der Waals surface area contributed by atoms with Crippen LogP contribution in [0.3, 0.4) is 0 Å². The third kappa shape index (κ3) is 3.88. The van der Waals surface area contributed by atoms with Crippen molar-refractivity contribution in [2.24, 2.45) is 7.05 Å². The third-order valence-electron chi connectivity index (χ3n) is 2.44. The molecular formula is C12H21N3. The first-order valence-electron chi connectivity index (χ1n) is 5.59. The van der Waals surface area contributed by atoms with Gasteiger partial charge >= 0.3 is 0 Å². The Labute approximate surface area is 92.2 Å². The van der Waals surface area contributed by atoms with E-state index in [0.717, 1.165) is 25.8 Å². The number of aryl methyl sites for hydroxylation is 2. The Morgan fingerprint density at radius 1 is 1.47 bits per heavy atom. The fourth-order valence-corrected chi connectivity index (χ4v) is 1.48. The molecule has 0 aliphatic heterocycles. The summed E-state index contributed by atoms with van der Waals surface area (Å²) in [5.41, 5.74) is 2.46. The standard InChI is InChI=1S/C12H21N3/c1-4-11-10-12(15(3)14-11)8-6-5-7-9-13-2/h5-6,10,13H,4,7-9H2,1-3H3. The molecule has 1 heterocycles. The summed E-state index contributed by atoms with van der Waals surface area (Å²) in [6.07, 6.45) is 7.52. The van der Waals surface area contributed by atoms with E-state index in [9.17, 15) is 0 Å². The summed E-state index contributed by atoms with van der Waals surface area (Å²) in [5.74, 6) is 0. The number of hydrogen-bond acceptors (Lipinski definition) is 2. The van der Waals surface area contributed by atoms with Gasteiger partial charge in [0.2, 0.25) is 0 Å². The normalized spacial score (nSPS) is 11.4. The number of allylic oxidation sites excluding steroid dienone is 1. The molecule has 0 radical (unpaired) electrons. The summed E-state index contributed by atoms with van der Waals surface area (Å²) >= 11 is 0. The maximum absolute atomic E-state index is 4.41. The fraction of sp³-hybridized carbons (Fsp3) is 0.583. The molecule has 84 valence electrons. The molecule has 1 aromatic rings. The summed E-state index contributed by atoms with van der Waals surface area (Å²) in [6.45, 7) is 3.18. The van der Waals surface area contributed by atoms with E-state index < -0.39 is 0 Å². The molecule has 1 N–H and O–H groups in total. The van der Waals surface area contributed by atoms with E-state index in [1.54, 1.807) is 0 Å². The molecule has 0 saturated carbocycles. The summed E-state index contributed by atoms with van der Waals surface area (Å²) in [7, 11) is 3.98. The topological polar surface area (TPSA) is 29.9 Å². The molecule has 15 heavy (non-hydrogen) atoms. The molecule has 0 amide bonds. The highest BCUT2D eigenvalue weighted by atomic mass is 15.3. The third-order valence-corrected chi connectivity index (χ3v) is 2.44.